The summed E-state index contributed by atoms with van der Waals surface area (Å²) in [7, 11) is 0. The number of amides is 1. The van der Waals surface area contributed by atoms with Crippen molar-refractivity contribution in [1.82, 2.24) is 5.32 Å². The lowest BCUT2D eigenvalue weighted by atomic mass is 10.1. The van der Waals surface area contributed by atoms with Gasteiger partial charge in [0.2, 0.25) is 5.91 Å². The van der Waals surface area contributed by atoms with E-state index in [0.29, 0.717) is 6.42 Å². The summed E-state index contributed by atoms with van der Waals surface area (Å²) in [6, 6.07) is 3.34. The fraction of sp³-hybridized carbons (Fsp3) is 0.500. The lowest BCUT2D eigenvalue weighted by Gasteiger charge is -2.17. The van der Waals surface area contributed by atoms with Gasteiger partial charge < -0.3 is 10.6 Å². The molecule has 2 rings (SSSR count). The molecule has 1 atom stereocenters. The second-order valence-corrected chi connectivity index (χ2v) is 5.89. The molecule has 1 aromatic carbocycles. The van der Waals surface area contributed by atoms with Crippen molar-refractivity contribution < 1.29 is 18.0 Å². The van der Waals surface area contributed by atoms with Gasteiger partial charge in [0.25, 0.3) is 0 Å². The highest BCUT2D eigenvalue weighted by Crippen LogP contribution is 2.36. The molecule has 1 aliphatic rings. The Hall–Kier alpha value is -1.08. The third kappa shape index (κ3) is 4.44. The van der Waals surface area contributed by atoms with E-state index in [9.17, 15) is 18.0 Å². The number of alkyl halides is 3. The minimum atomic E-state index is -4.46. The van der Waals surface area contributed by atoms with E-state index in [1.54, 1.807) is 0 Å². The van der Waals surface area contributed by atoms with E-state index < -0.39 is 11.7 Å². The number of carbonyl (C=O) groups excluding carboxylic acids is 1. The van der Waals surface area contributed by atoms with Crippen molar-refractivity contribution in [2.75, 3.05) is 11.9 Å². The molecule has 3 nitrogen and oxygen atoms in total. The highest BCUT2D eigenvalue weighted by molar-refractivity contribution is 9.10. The van der Waals surface area contributed by atoms with Gasteiger partial charge in [-0.05, 0) is 37.6 Å². The molecule has 21 heavy (non-hydrogen) atoms. The summed E-state index contributed by atoms with van der Waals surface area (Å²) in [6.45, 7) is 0.756. The van der Waals surface area contributed by atoms with Crippen LogP contribution in [0.1, 0.15) is 31.2 Å². The van der Waals surface area contributed by atoms with Crippen LogP contribution in [-0.2, 0) is 11.0 Å². The molecule has 1 aliphatic heterocycles. The molecule has 0 aliphatic carbocycles. The van der Waals surface area contributed by atoms with Crippen LogP contribution < -0.4 is 10.6 Å². The lowest BCUT2D eigenvalue weighted by molar-refractivity contribution is -0.138. The fourth-order valence-corrected chi connectivity index (χ4v) is 2.77. The molecule has 0 aromatic heterocycles. The first kappa shape index (κ1) is 16.3. The maximum atomic E-state index is 12.8. The molecule has 0 spiro atoms. The Morgan fingerprint density at radius 3 is 2.76 bits per heavy atom. The van der Waals surface area contributed by atoms with Crippen LogP contribution in [0.25, 0.3) is 0 Å². The third-order valence-corrected chi connectivity index (χ3v) is 4.11. The van der Waals surface area contributed by atoms with Gasteiger partial charge >= 0.3 is 6.18 Å². The van der Waals surface area contributed by atoms with Crippen LogP contribution in [0.3, 0.4) is 0 Å². The fourth-order valence-electron chi connectivity index (χ4n) is 2.30. The van der Waals surface area contributed by atoms with Crippen LogP contribution in [0.15, 0.2) is 22.7 Å². The van der Waals surface area contributed by atoms with Crippen LogP contribution in [0.5, 0.6) is 0 Å². The van der Waals surface area contributed by atoms with E-state index in [1.165, 1.54) is 12.1 Å². The van der Waals surface area contributed by atoms with Crippen molar-refractivity contribution >= 4 is 27.5 Å². The summed E-state index contributed by atoms with van der Waals surface area (Å²) in [5.74, 6) is -0.285. The molecule has 1 amide bonds. The molecule has 1 saturated heterocycles. The molecular formula is C14H16BrF3N2O. The van der Waals surface area contributed by atoms with Gasteiger partial charge in [0, 0.05) is 10.2 Å². The minimum Gasteiger partial charge on any atom is -0.325 e. The van der Waals surface area contributed by atoms with Gasteiger partial charge in [0.05, 0.1) is 11.6 Å². The van der Waals surface area contributed by atoms with Crippen LogP contribution in [0, 0.1) is 0 Å². The van der Waals surface area contributed by atoms with Crippen molar-refractivity contribution in [3.8, 4) is 0 Å². The second-order valence-electron chi connectivity index (χ2n) is 5.04. The second kappa shape index (κ2) is 6.79. The highest BCUT2D eigenvalue weighted by Gasteiger charge is 2.33. The number of hydrogen-bond acceptors (Lipinski definition) is 2. The van der Waals surface area contributed by atoms with E-state index >= 15 is 0 Å². The van der Waals surface area contributed by atoms with Gasteiger partial charge in [-0.1, -0.05) is 28.8 Å². The van der Waals surface area contributed by atoms with Crippen molar-refractivity contribution in [3.63, 3.8) is 0 Å². The number of benzene rings is 1. The Morgan fingerprint density at radius 1 is 1.29 bits per heavy atom. The molecule has 1 unspecified atom stereocenters. The first-order valence-corrected chi connectivity index (χ1v) is 7.58. The smallest absolute Gasteiger partial charge is 0.325 e. The number of halogens is 4. The molecular weight excluding hydrogens is 349 g/mol. The molecule has 116 valence electrons. The SMILES string of the molecule is O=C(Nc1ccc(Br)c(C(F)(F)F)c1)C1CCCCCN1. The zero-order chi connectivity index (χ0) is 15.5. The molecule has 1 fully saturated rings. The van der Waals surface area contributed by atoms with E-state index in [0.717, 1.165) is 31.9 Å². The zero-order valence-corrected chi connectivity index (χ0v) is 12.9. The van der Waals surface area contributed by atoms with Gasteiger partial charge in [-0.3, -0.25) is 4.79 Å². The molecule has 0 saturated carbocycles. The summed E-state index contributed by atoms with van der Waals surface area (Å²) in [5, 5.41) is 5.67. The average molecular weight is 365 g/mol. The topological polar surface area (TPSA) is 41.1 Å². The Labute approximate surface area is 129 Å². The lowest BCUT2D eigenvalue weighted by Crippen LogP contribution is -2.39. The molecule has 2 N–H and O–H groups in total. The summed E-state index contributed by atoms with van der Waals surface area (Å²) >= 11 is 2.87. The van der Waals surface area contributed by atoms with Crippen molar-refractivity contribution in [2.45, 2.75) is 37.9 Å². The van der Waals surface area contributed by atoms with Crippen LogP contribution in [0.4, 0.5) is 18.9 Å². The number of nitrogens with one attached hydrogen (secondary N) is 2. The van der Waals surface area contributed by atoms with Crippen LogP contribution in [0.2, 0.25) is 0 Å². The van der Waals surface area contributed by atoms with E-state index in [1.807, 2.05) is 0 Å². The first-order chi connectivity index (χ1) is 9.88. The van der Waals surface area contributed by atoms with Crippen molar-refractivity contribution in [1.29, 1.82) is 0 Å². The standard InChI is InChI=1S/C14H16BrF3N2O/c15-11-6-5-9(8-10(11)14(16,17)18)20-13(21)12-4-2-1-3-7-19-12/h5-6,8,12,19H,1-4,7H2,(H,20,21). The van der Waals surface area contributed by atoms with Gasteiger partial charge in [-0.2, -0.15) is 13.2 Å². The maximum Gasteiger partial charge on any atom is 0.417 e. The predicted octanol–water partition coefficient (Wildman–Crippen LogP) is 3.94. The summed E-state index contributed by atoms with van der Waals surface area (Å²) in [4.78, 5) is 12.1. The molecule has 1 aromatic rings. The van der Waals surface area contributed by atoms with E-state index in [2.05, 4.69) is 26.6 Å². The first-order valence-electron chi connectivity index (χ1n) is 6.79. The predicted molar refractivity (Wildman–Crippen MR) is 78.0 cm³/mol. The summed E-state index contributed by atoms with van der Waals surface area (Å²) < 4.78 is 38.4. The Kier molecular flexibility index (Phi) is 5.27. The minimum absolute atomic E-state index is 0.0411. The van der Waals surface area contributed by atoms with E-state index in [-0.39, 0.29) is 22.1 Å². The van der Waals surface area contributed by atoms with Gasteiger partial charge in [-0.25, -0.2) is 0 Å². The van der Waals surface area contributed by atoms with Gasteiger partial charge in [-0.15, -0.1) is 0 Å². The largest absolute Gasteiger partial charge is 0.417 e. The van der Waals surface area contributed by atoms with Crippen molar-refractivity contribution in [3.05, 3.63) is 28.2 Å². The number of hydrogen-bond donors (Lipinski definition) is 2. The van der Waals surface area contributed by atoms with Gasteiger partial charge in [0.15, 0.2) is 0 Å². The Bertz CT molecular complexity index is 511. The van der Waals surface area contributed by atoms with Crippen LogP contribution in [-0.4, -0.2) is 18.5 Å². The zero-order valence-electron chi connectivity index (χ0n) is 11.3. The van der Waals surface area contributed by atoms with E-state index in [4.69, 9.17) is 0 Å². The summed E-state index contributed by atoms with van der Waals surface area (Å²) in [6.07, 6.45) is -0.735. The Balaban J connectivity index is 2.10. The molecule has 7 heteroatoms. The maximum absolute atomic E-state index is 12.8. The average Bonchev–Trinajstić information content (AvgIpc) is 2.68. The number of rotatable bonds is 2. The molecule has 1 heterocycles. The monoisotopic (exact) mass is 364 g/mol. The van der Waals surface area contributed by atoms with Crippen LogP contribution >= 0.6 is 15.9 Å². The Morgan fingerprint density at radius 2 is 2.05 bits per heavy atom. The molecule has 0 radical (unpaired) electrons. The normalized spacial score (nSPS) is 19.9. The van der Waals surface area contributed by atoms with Crippen molar-refractivity contribution in [2.24, 2.45) is 0 Å². The quantitative estimate of drug-likeness (QED) is 0.834. The highest BCUT2D eigenvalue weighted by atomic mass is 79.9. The summed E-state index contributed by atoms with van der Waals surface area (Å²) in [5.41, 5.74) is -0.643. The third-order valence-electron chi connectivity index (χ3n) is 3.42. The van der Waals surface area contributed by atoms with Gasteiger partial charge in [0.1, 0.15) is 0 Å². The number of anilines is 1. The number of carbonyl (C=O) groups is 1. The molecule has 0 bridgehead atoms.